The fourth-order valence-electron chi connectivity index (χ4n) is 2.70. The summed E-state index contributed by atoms with van der Waals surface area (Å²) in [5.74, 6) is -0.820. The number of aromatic nitrogens is 2. The standard InChI is InChI=1S/C19H17ClFN3O/c1-12-18(19(25)22-15-8-9-17(21)16(20)10-15)13(2)24(23-12)11-14-6-4-3-5-7-14/h3-10H,11H2,1-2H3,(H,22,25). The lowest BCUT2D eigenvalue weighted by molar-refractivity contribution is 0.102. The van der Waals surface area contributed by atoms with Crippen LogP contribution < -0.4 is 5.32 Å². The molecule has 0 saturated carbocycles. The molecule has 0 spiro atoms. The summed E-state index contributed by atoms with van der Waals surface area (Å²) < 4.78 is 15.0. The smallest absolute Gasteiger partial charge is 0.259 e. The number of hydrogen-bond acceptors (Lipinski definition) is 2. The van der Waals surface area contributed by atoms with Crippen LogP contribution in [0.1, 0.15) is 27.3 Å². The summed E-state index contributed by atoms with van der Waals surface area (Å²) in [6.45, 7) is 4.24. The predicted octanol–water partition coefficient (Wildman–Crippen LogP) is 4.59. The second-order valence-corrected chi connectivity index (χ2v) is 6.18. The van der Waals surface area contributed by atoms with Gasteiger partial charge in [-0.25, -0.2) is 4.39 Å². The molecule has 0 aliphatic heterocycles. The second kappa shape index (κ2) is 7.07. The molecule has 128 valence electrons. The number of halogens is 2. The van der Waals surface area contributed by atoms with E-state index < -0.39 is 5.82 Å². The van der Waals surface area contributed by atoms with Crippen molar-refractivity contribution >= 4 is 23.2 Å². The molecule has 0 fully saturated rings. The quantitative estimate of drug-likeness (QED) is 0.742. The van der Waals surface area contributed by atoms with Gasteiger partial charge in [0.1, 0.15) is 5.82 Å². The minimum atomic E-state index is -0.525. The van der Waals surface area contributed by atoms with Crippen LogP contribution >= 0.6 is 11.6 Å². The highest BCUT2D eigenvalue weighted by molar-refractivity contribution is 6.31. The van der Waals surface area contributed by atoms with Crippen LogP contribution in [0.4, 0.5) is 10.1 Å². The van der Waals surface area contributed by atoms with Crippen LogP contribution in [-0.2, 0) is 6.54 Å². The predicted molar refractivity (Wildman–Crippen MR) is 96.6 cm³/mol. The molecule has 3 rings (SSSR count). The van der Waals surface area contributed by atoms with Crippen LogP contribution in [0.5, 0.6) is 0 Å². The summed E-state index contributed by atoms with van der Waals surface area (Å²) in [5, 5.41) is 7.18. The maximum Gasteiger partial charge on any atom is 0.259 e. The number of nitrogens with zero attached hydrogens (tertiary/aromatic N) is 2. The molecule has 0 unspecified atom stereocenters. The molecule has 4 nitrogen and oxygen atoms in total. The molecular formula is C19H17ClFN3O. The van der Waals surface area contributed by atoms with E-state index in [1.54, 1.807) is 11.6 Å². The number of carbonyl (C=O) groups excluding carboxylic acids is 1. The highest BCUT2D eigenvalue weighted by Gasteiger charge is 2.19. The van der Waals surface area contributed by atoms with E-state index in [0.717, 1.165) is 11.3 Å². The molecule has 0 saturated heterocycles. The van der Waals surface area contributed by atoms with Crippen LogP contribution in [0, 0.1) is 19.7 Å². The van der Waals surface area contributed by atoms with E-state index in [1.165, 1.54) is 18.2 Å². The Labute approximate surface area is 150 Å². The average Bonchev–Trinajstić information content (AvgIpc) is 2.86. The Balaban J connectivity index is 1.84. The van der Waals surface area contributed by atoms with Gasteiger partial charge in [0, 0.05) is 11.4 Å². The lowest BCUT2D eigenvalue weighted by atomic mass is 10.1. The van der Waals surface area contributed by atoms with Crippen molar-refractivity contribution in [1.29, 1.82) is 0 Å². The third-order valence-corrected chi connectivity index (χ3v) is 4.25. The first-order valence-electron chi connectivity index (χ1n) is 7.80. The van der Waals surface area contributed by atoms with Gasteiger partial charge in [0.05, 0.1) is 22.8 Å². The first-order valence-corrected chi connectivity index (χ1v) is 8.18. The van der Waals surface area contributed by atoms with Crippen molar-refractivity contribution in [2.75, 3.05) is 5.32 Å². The summed E-state index contributed by atoms with van der Waals surface area (Å²) in [6.07, 6.45) is 0. The molecule has 0 bridgehead atoms. The minimum Gasteiger partial charge on any atom is -0.322 e. The number of hydrogen-bond donors (Lipinski definition) is 1. The van der Waals surface area contributed by atoms with Crippen molar-refractivity contribution in [3.8, 4) is 0 Å². The van der Waals surface area contributed by atoms with Crippen LogP contribution in [-0.4, -0.2) is 15.7 Å². The monoisotopic (exact) mass is 357 g/mol. The van der Waals surface area contributed by atoms with Gasteiger partial charge in [-0.2, -0.15) is 5.10 Å². The van der Waals surface area contributed by atoms with Crippen LogP contribution in [0.2, 0.25) is 5.02 Å². The second-order valence-electron chi connectivity index (χ2n) is 5.77. The number of anilines is 1. The van der Waals surface area contributed by atoms with Crippen LogP contribution in [0.3, 0.4) is 0 Å². The van der Waals surface area contributed by atoms with E-state index in [9.17, 15) is 9.18 Å². The van der Waals surface area contributed by atoms with Crippen LogP contribution in [0.25, 0.3) is 0 Å². The fraction of sp³-hybridized carbons (Fsp3) is 0.158. The zero-order valence-electron chi connectivity index (χ0n) is 13.9. The maximum absolute atomic E-state index is 13.2. The first-order chi connectivity index (χ1) is 12.0. The van der Waals surface area contributed by atoms with Crippen molar-refractivity contribution in [3.05, 3.63) is 81.9 Å². The van der Waals surface area contributed by atoms with Crippen molar-refractivity contribution in [1.82, 2.24) is 9.78 Å². The maximum atomic E-state index is 13.2. The van der Waals surface area contributed by atoms with Gasteiger partial charge in [-0.1, -0.05) is 41.9 Å². The molecule has 0 radical (unpaired) electrons. The molecule has 0 atom stereocenters. The largest absolute Gasteiger partial charge is 0.322 e. The number of aryl methyl sites for hydroxylation is 1. The third kappa shape index (κ3) is 3.72. The van der Waals surface area contributed by atoms with Crippen molar-refractivity contribution in [3.63, 3.8) is 0 Å². The summed E-state index contributed by atoms with van der Waals surface area (Å²) in [7, 11) is 0. The third-order valence-electron chi connectivity index (χ3n) is 3.96. The van der Waals surface area contributed by atoms with Gasteiger partial charge in [0.2, 0.25) is 0 Å². The normalized spacial score (nSPS) is 10.7. The van der Waals surface area contributed by atoms with Crippen LogP contribution in [0.15, 0.2) is 48.5 Å². The molecule has 25 heavy (non-hydrogen) atoms. The van der Waals surface area contributed by atoms with Crippen molar-refractivity contribution in [2.45, 2.75) is 20.4 Å². The highest BCUT2D eigenvalue weighted by Crippen LogP contribution is 2.21. The molecular weight excluding hydrogens is 341 g/mol. The number of nitrogens with one attached hydrogen (secondary N) is 1. The highest BCUT2D eigenvalue weighted by atomic mass is 35.5. The molecule has 1 N–H and O–H groups in total. The summed E-state index contributed by atoms with van der Waals surface area (Å²) in [5.41, 5.74) is 3.46. The van der Waals surface area contributed by atoms with Gasteiger partial charge < -0.3 is 5.32 Å². The SMILES string of the molecule is Cc1nn(Cc2ccccc2)c(C)c1C(=O)Nc1ccc(F)c(Cl)c1. The Morgan fingerprint density at radius 3 is 2.60 bits per heavy atom. The Morgan fingerprint density at radius 1 is 1.20 bits per heavy atom. The lowest BCUT2D eigenvalue weighted by Gasteiger charge is -2.08. The number of rotatable bonds is 4. The molecule has 1 amide bonds. The van der Waals surface area contributed by atoms with E-state index in [4.69, 9.17) is 11.6 Å². The number of carbonyl (C=O) groups is 1. The van der Waals surface area contributed by atoms with E-state index in [-0.39, 0.29) is 10.9 Å². The topological polar surface area (TPSA) is 46.9 Å². The number of benzene rings is 2. The van der Waals surface area contributed by atoms with Crippen molar-refractivity contribution in [2.24, 2.45) is 0 Å². The summed E-state index contributed by atoms with van der Waals surface area (Å²) in [6, 6.07) is 14.0. The zero-order chi connectivity index (χ0) is 18.0. The van der Waals surface area contributed by atoms with E-state index in [1.807, 2.05) is 37.3 Å². The van der Waals surface area contributed by atoms with E-state index >= 15 is 0 Å². The molecule has 2 aromatic carbocycles. The van der Waals surface area contributed by atoms with Gasteiger partial charge in [-0.15, -0.1) is 0 Å². The minimum absolute atomic E-state index is 0.0361. The Bertz CT molecular complexity index is 922. The average molecular weight is 358 g/mol. The Hall–Kier alpha value is -2.66. The Morgan fingerprint density at radius 2 is 1.92 bits per heavy atom. The Kier molecular flexibility index (Phi) is 4.86. The lowest BCUT2D eigenvalue weighted by Crippen LogP contribution is -2.14. The van der Waals surface area contributed by atoms with Gasteiger partial charge in [-0.05, 0) is 37.6 Å². The van der Waals surface area contributed by atoms with Crippen molar-refractivity contribution < 1.29 is 9.18 Å². The fourth-order valence-corrected chi connectivity index (χ4v) is 2.88. The van der Waals surface area contributed by atoms with E-state index in [2.05, 4.69) is 10.4 Å². The van der Waals surface area contributed by atoms with Gasteiger partial charge in [0.25, 0.3) is 5.91 Å². The first kappa shape index (κ1) is 17.2. The molecule has 0 aliphatic rings. The summed E-state index contributed by atoms with van der Waals surface area (Å²) >= 11 is 5.76. The zero-order valence-corrected chi connectivity index (χ0v) is 14.6. The molecule has 6 heteroatoms. The summed E-state index contributed by atoms with van der Waals surface area (Å²) in [4.78, 5) is 12.6. The number of amides is 1. The van der Waals surface area contributed by atoms with Gasteiger partial charge in [-0.3, -0.25) is 9.48 Å². The molecule has 1 heterocycles. The molecule has 1 aromatic heterocycles. The van der Waals surface area contributed by atoms with E-state index in [0.29, 0.717) is 23.5 Å². The molecule has 3 aromatic rings. The van der Waals surface area contributed by atoms with Gasteiger partial charge in [0.15, 0.2) is 0 Å². The molecule has 0 aliphatic carbocycles. The van der Waals surface area contributed by atoms with Gasteiger partial charge >= 0.3 is 0 Å².